The fourth-order valence-corrected chi connectivity index (χ4v) is 4.31. The molecule has 0 aliphatic heterocycles. The molecule has 1 aliphatic rings. The summed E-state index contributed by atoms with van der Waals surface area (Å²) in [6, 6.07) is 6.78. The van der Waals surface area contributed by atoms with Crippen molar-refractivity contribution in [1.82, 2.24) is 0 Å². The van der Waals surface area contributed by atoms with Gasteiger partial charge in [-0.1, -0.05) is 17.7 Å². The summed E-state index contributed by atoms with van der Waals surface area (Å²) in [5, 5.41) is 8.70. The molecule has 2 atom stereocenters. The molecule has 1 aromatic carbocycles. The highest BCUT2D eigenvalue weighted by Crippen LogP contribution is 2.51. The Hall–Kier alpha value is -0.910. The van der Waals surface area contributed by atoms with E-state index in [2.05, 4.69) is 0 Å². The summed E-state index contributed by atoms with van der Waals surface area (Å²) >= 11 is 0. The molecule has 2 unspecified atom stereocenters. The van der Waals surface area contributed by atoms with E-state index in [0.29, 0.717) is 11.3 Å². The monoisotopic (exact) mass is 255 g/mol. The SMILES string of the molecule is Cc1ccc(S(=O)(=O)C2CC2(CN)CO)cc1. The van der Waals surface area contributed by atoms with Gasteiger partial charge in [-0.25, -0.2) is 8.42 Å². The highest BCUT2D eigenvalue weighted by molar-refractivity contribution is 7.92. The van der Waals surface area contributed by atoms with Gasteiger partial charge >= 0.3 is 0 Å². The van der Waals surface area contributed by atoms with Crippen LogP contribution in [0.2, 0.25) is 0 Å². The molecule has 2 rings (SSSR count). The summed E-state index contributed by atoms with van der Waals surface area (Å²) in [5.74, 6) is 0. The zero-order valence-corrected chi connectivity index (χ0v) is 10.6. The molecule has 0 saturated heterocycles. The molecule has 0 radical (unpaired) electrons. The van der Waals surface area contributed by atoms with Gasteiger partial charge in [-0.2, -0.15) is 0 Å². The minimum absolute atomic E-state index is 0.167. The minimum Gasteiger partial charge on any atom is -0.396 e. The van der Waals surface area contributed by atoms with Gasteiger partial charge in [0.05, 0.1) is 16.8 Å². The lowest BCUT2D eigenvalue weighted by molar-refractivity contribution is 0.217. The van der Waals surface area contributed by atoms with Gasteiger partial charge in [0, 0.05) is 12.0 Å². The van der Waals surface area contributed by atoms with Crippen LogP contribution in [-0.2, 0) is 9.84 Å². The molecule has 94 valence electrons. The lowest BCUT2D eigenvalue weighted by Gasteiger charge is -2.11. The lowest BCUT2D eigenvalue weighted by atomic mass is 10.1. The fraction of sp³-hybridized carbons (Fsp3) is 0.500. The summed E-state index contributed by atoms with van der Waals surface area (Å²) in [7, 11) is -3.35. The summed E-state index contributed by atoms with van der Waals surface area (Å²) in [6.45, 7) is 1.95. The van der Waals surface area contributed by atoms with E-state index in [4.69, 9.17) is 5.73 Å². The number of aliphatic hydroxyl groups is 1. The minimum atomic E-state index is -3.35. The van der Waals surface area contributed by atoms with Crippen LogP contribution in [0, 0.1) is 12.3 Å². The van der Waals surface area contributed by atoms with E-state index in [1.807, 2.05) is 6.92 Å². The van der Waals surface area contributed by atoms with Crippen molar-refractivity contribution in [2.24, 2.45) is 11.1 Å². The summed E-state index contributed by atoms with van der Waals surface area (Å²) in [4.78, 5) is 0.317. The average Bonchev–Trinajstić information content (AvgIpc) is 3.06. The van der Waals surface area contributed by atoms with E-state index in [-0.39, 0.29) is 13.2 Å². The van der Waals surface area contributed by atoms with Gasteiger partial charge in [-0.15, -0.1) is 0 Å². The van der Waals surface area contributed by atoms with Crippen molar-refractivity contribution < 1.29 is 13.5 Å². The number of benzene rings is 1. The second-order valence-electron chi connectivity index (χ2n) is 4.78. The molecule has 0 aromatic heterocycles. The standard InChI is InChI=1S/C12H17NO3S/c1-9-2-4-10(5-3-9)17(15,16)11-6-12(11,7-13)8-14/h2-5,11,14H,6-8,13H2,1H3. The van der Waals surface area contributed by atoms with Crippen LogP contribution in [0.15, 0.2) is 29.2 Å². The molecule has 4 nitrogen and oxygen atoms in total. The third-order valence-electron chi connectivity index (χ3n) is 3.56. The van der Waals surface area contributed by atoms with Crippen LogP contribution in [0.1, 0.15) is 12.0 Å². The normalized spacial score (nSPS) is 28.1. The Balaban J connectivity index is 2.30. The quantitative estimate of drug-likeness (QED) is 0.820. The molecule has 1 aromatic rings. The Bertz CT molecular complexity index is 503. The predicted molar refractivity (Wildman–Crippen MR) is 65.3 cm³/mol. The van der Waals surface area contributed by atoms with Crippen molar-refractivity contribution in [1.29, 1.82) is 0 Å². The van der Waals surface area contributed by atoms with Crippen LogP contribution >= 0.6 is 0 Å². The second-order valence-corrected chi connectivity index (χ2v) is 6.91. The number of hydrogen-bond acceptors (Lipinski definition) is 4. The van der Waals surface area contributed by atoms with Crippen molar-refractivity contribution in [3.05, 3.63) is 29.8 Å². The molecule has 5 heteroatoms. The van der Waals surface area contributed by atoms with E-state index >= 15 is 0 Å². The largest absolute Gasteiger partial charge is 0.396 e. The molecule has 3 N–H and O–H groups in total. The highest BCUT2D eigenvalue weighted by Gasteiger charge is 2.60. The van der Waals surface area contributed by atoms with Gasteiger partial charge in [-0.3, -0.25) is 0 Å². The van der Waals surface area contributed by atoms with E-state index in [9.17, 15) is 13.5 Å². The van der Waals surface area contributed by atoms with Crippen LogP contribution in [0.4, 0.5) is 0 Å². The van der Waals surface area contributed by atoms with Crippen LogP contribution < -0.4 is 5.73 Å². The first kappa shape index (κ1) is 12.5. The van der Waals surface area contributed by atoms with E-state index in [1.54, 1.807) is 24.3 Å². The molecular formula is C12H17NO3S. The zero-order chi connectivity index (χ0) is 12.7. The predicted octanol–water partition coefficient (Wildman–Crippen LogP) is 0.478. The summed E-state index contributed by atoms with van der Waals surface area (Å²) in [6.07, 6.45) is 0.455. The molecule has 0 heterocycles. The highest BCUT2D eigenvalue weighted by atomic mass is 32.2. The molecule has 0 amide bonds. The smallest absolute Gasteiger partial charge is 0.181 e. The number of nitrogens with two attached hydrogens (primary N) is 1. The zero-order valence-electron chi connectivity index (χ0n) is 9.76. The van der Waals surface area contributed by atoms with Crippen molar-refractivity contribution in [2.45, 2.75) is 23.5 Å². The van der Waals surface area contributed by atoms with E-state index in [0.717, 1.165) is 5.56 Å². The number of hydrogen-bond donors (Lipinski definition) is 2. The van der Waals surface area contributed by atoms with Crippen LogP contribution in [-0.4, -0.2) is 31.9 Å². The third-order valence-corrected chi connectivity index (χ3v) is 5.91. The Kier molecular flexibility index (Phi) is 3.01. The van der Waals surface area contributed by atoms with E-state index in [1.165, 1.54) is 0 Å². The van der Waals surface area contributed by atoms with Crippen molar-refractivity contribution in [3.63, 3.8) is 0 Å². The molecule has 0 bridgehead atoms. The number of rotatable bonds is 4. The molecule has 1 aliphatic carbocycles. The maximum absolute atomic E-state index is 12.3. The van der Waals surface area contributed by atoms with Crippen molar-refractivity contribution in [2.75, 3.05) is 13.2 Å². The van der Waals surface area contributed by atoms with Gasteiger partial charge in [-0.05, 0) is 25.5 Å². The second kappa shape index (κ2) is 4.08. The maximum Gasteiger partial charge on any atom is 0.181 e. The first-order valence-corrected chi connectivity index (χ1v) is 7.12. The van der Waals surface area contributed by atoms with Gasteiger partial charge in [0.1, 0.15) is 0 Å². The lowest BCUT2D eigenvalue weighted by Crippen LogP contribution is -2.27. The Morgan fingerprint density at radius 2 is 2.00 bits per heavy atom. The van der Waals surface area contributed by atoms with Crippen molar-refractivity contribution in [3.8, 4) is 0 Å². The molecular weight excluding hydrogens is 238 g/mol. The van der Waals surface area contributed by atoms with Crippen LogP contribution in [0.3, 0.4) is 0 Å². The number of sulfone groups is 1. The third kappa shape index (κ3) is 1.99. The Morgan fingerprint density at radius 3 is 2.41 bits per heavy atom. The van der Waals surface area contributed by atoms with Crippen LogP contribution in [0.25, 0.3) is 0 Å². The van der Waals surface area contributed by atoms with Gasteiger partial charge < -0.3 is 10.8 Å². The fourth-order valence-electron chi connectivity index (χ4n) is 2.09. The Morgan fingerprint density at radius 1 is 1.41 bits per heavy atom. The van der Waals surface area contributed by atoms with Gasteiger partial charge in [0.15, 0.2) is 9.84 Å². The van der Waals surface area contributed by atoms with Crippen molar-refractivity contribution >= 4 is 9.84 Å². The Labute approximate surface area is 101 Å². The first-order valence-electron chi connectivity index (χ1n) is 5.58. The maximum atomic E-state index is 12.3. The number of aryl methyl sites for hydroxylation is 1. The molecule has 1 fully saturated rings. The molecule has 1 saturated carbocycles. The molecule has 0 spiro atoms. The first-order chi connectivity index (χ1) is 7.96. The summed E-state index contributed by atoms with van der Waals surface area (Å²) < 4.78 is 24.5. The van der Waals surface area contributed by atoms with Crippen LogP contribution in [0.5, 0.6) is 0 Å². The van der Waals surface area contributed by atoms with E-state index < -0.39 is 20.5 Å². The van der Waals surface area contributed by atoms with Gasteiger partial charge in [0.25, 0.3) is 0 Å². The molecule has 17 heavy (non-hydrogen) atoms. The average molecular weight is 255 g/mol. The van der Waals surface area contributed by atoms with Gasteiger partial charge in [0.2, 0.25) is 0 Å². The topological polar surface area (TPSA) is 80.4 Å². The summed E-state index contributed by atoms with van der Waals surface area (Å²) in [5.41, 5.74) is 5.94. The number of aliphatic hydroxyl groups excluding tert-OH is 1.